The number of halogens is 3. The van der Waals surface area contributed by atoms with Crippen molar-refractivity contribution in [2.75, 3.05) is 0 Å². The average Bonchev–Trinajstić information content (AvgIpc) is 3.81. The van der Waals surface area contributed by atoms with Crippen LogP contribution in [0.4, 0.5) is 13.2 Å². The fourth-order valence-corrected chi connectivity index (χ4v) is 9.26. The summed E-state index contributed by atoms with van der Waals surface area (Å²) in [6, 6.07) is 54.1. The van der Waals surface area contributed by atoms with Crippen LogP contribution in [0.25, 0.3) is 100 Å². The standard InChI is InChI=1S/C57H39F3N6/c1-33-10-22-48-44(26-33)45-27-34(2)11-23-49(45)65(48)52-30-40(38-16-14-37(32-61)15-17-38)18-20-42(52)55-62-54(39-8-6-5-7-9-39)63-56(64-55)43-21-19-41(57(58,59)60)31-53(43)66-50-24-12-35(3)28-46(50)47-29-36(4)13-25-51(47)66/h5-31H,1-4H3. The van der Waals surface area contributed by atoms with Crippen molar-refractivity contribution in [3.05, 3.63) is 197 Å². The molecule has 0 saturated carbocycles. The molecule has 0 N–H and O–H groups in total. The molecular formula is C57H39F3N6. The first-order chi connectivity index (χ1) is 31.9. The van der Waals surface area contributed by atoms with Gasteiger partial charge in [0.1, 0.15) is 0 Å². The third-order valence-corrected chi connectivity index (χ3v) is 12.5. The van der Waals surface area contributed by atoms with Gasteiger partial charge in [-0.25, -0.2) is 15.0 Å². The van der Waals surface area contributed by atoms with Crippen LogP contribution in [0.2, 0.25) is 0 Å². The molecule has 66 heavy (non-hydrogen) atoms. The van der Waals surface area contributed by atoms with Gasteiger partial charge in [0.25, 0.3) is 0 Å². The second kappa shape index (κ2) is 15.4. The van der Waals surface area contributed by atoms with Gasteiger partial charge < -0.3 is 9.13 Å². The van der Waals surface area contributed by atoms with Crippen molar-refractivity contribution in [2.45, 2.75) is 33.9 Å². The first-order valence-electron chi connectivity index (χ1n) is 21.6. The zero-order chi connectivity index (χ0) is 45.4. The van der Waals surface area contributed by atoms with Gasteiger partial charge in [0.15, 0.2) is 17.5 Å². The molecule has 8 aromatic carbocycles. The van der Waals surface area contributed by atoms with Crippen molar-refractivity contribution in [2.24, 2.45) is 0 Å². The fraction of sp³-hybridized carbons (Fsp3) is 0.0877. The lowest BCUT2D eigenvalue weighted by molar-refractivity contribution is -0.137. The van der Waals surface area contributed by atoms with E-state index in [1.54, 1.807) is 12.1 Å². The molecule has 0 atom stereocenters. The van der Waals surface area contributed by atoms with E-state index in [2.05, 4.69) is 79.1 Å². The van der Waals surface area contributed by atoms with Crippen LogP contribution in [0.1, 0.15) is 33.4 Å². The van der Waals surface area contributed by atoms with Crippen LogP contribution in [-0.2, 0) is 6.18 Å². The molecule has 0 aliphatic carbocycles. The average molecular weight is 865 g/mol. The minimum Gasteiger partial charge on any atom is -0.308 e. The monoisotopic (exact) mass is 864 g/mol. The van der Waals surface area contributed by atoms with E-state index in [9.17, 15) is 18.4 Å². The highest BCUT2D eigenvalue weighted by Crippen LogP contribution is 2.42. The van der Waals surface area contributed by atoms with Crippen LogP contribution in [0.5, 0.6) is 0 Å². The van der Waals surface area contributed by atoms with Crippen molar-refractivity contribution < 1.29 is 13.2 Å². The molecule has 0 unspecified atom stereocenters. The lowest BCUT2D eigenvalue weighted by atomic mass is 10.00. The van der Waals surface area contributed by atoms with E-state index in [0.29, 0.717) is 34.0 Å². The predicted octanol–water partition coefficient (Wildman–Crippen LogP) is 14.9. The molecule has 11 aromatic rings. The number of benzene rings is 8. The van der Waals surface area contributed by atoms with Crippen molar-refractivity contribution in [3.8, 4) is 62.7 Å². The van der Waals surface area contributed by atoms with Crippen LogP contribution >= 0.6 is 0 Å². The first kappa shape index (κ1) is 40.4. The van der Waals surface area contributed by atoms with Crippen molar-refractivity contribution >= 4 is 43.6 Å². The van der Waals surface area contributed by atoms with E-state index in [1.165, 1.54) is 12.1 Å². The summed E-state index contributed by atoms with van der Waals surface area (Å²) >= 11 is 0. The highest BCUT2D eigenvalue weighted by atomic mass is 19.4. The smallest absolute Gasteiger partial charge is 0.308 e. The molecule has 0 amide bonds. The number of alkyl halides is 3. The third kappa shape index (κ3) is 6.86. The molecule has 6 nitrogen and oxygen atoms in total. The zero-order valence-corrected chi connectivity index (χ0v) is 36.4. The Kier molecular flexibility index (Phi) is 9.45. The Morgan fingerprint density at radius 1 is 0.424 bits per heavy atom. The maximum absolute atomic E-state index is 14.8. The number of aromatic nitrogens is 5. The highest BCUT2D eigenvalue weighted by molar-refractivity contribution is 6.11. The quantitative estimate of drug-likeness (QED) is 0.167. The lowest BCUT2D eigenvalue weighted by Crippen LogP contribution is -2.09. The molecular weight excluding hydrogens is 826 g/mol. The Bertz CT molecular complexity index is 3680. The van der Waals surface area contributed by atoms with Crippen molar-refractivity contribution in [1.29, 1.82) is 5.26 Å². The summed E-state index contributed by atoms with van der Waals surface area (Å²) in [7, 11) is 0. The van der Waals surface area contributed by atoms with E-state index >= 15 is 0 Å². The van der Waals surface area contributed by atoms with Crippen molar-refractivity contribution in [1.82, 2.24) is 24.1 Å². The molecule has 0 radical (unpaired) electrons. The maximum atomic E-state index is 14.8. The Morgan fingerprint density at radius 3 is 1.30 bits per heavy atom. The Balaban J connectivity index is 1.23. The minimum atomic E-state index is -4.62. The second-order valence-electron chi connectivity index (χ2n) is 17.1. The number of nitrogens with zero attached hydrogens (tertiary/aromatic N) is 6. The summed E-state index contributed by atoms with van der Waals surface area (Å²) in [5.74, 6) is 0.923. The normalized spacial score (nSPS) is 11.8. The molecule has 318 valence electrons. The van der Waals surface area contributed by atoms with Gasteiger partial charge >= 0.3 is 6.18 Å². The third-order valence-electron chi connectivity index (χ3n) is 12.5. The minimum absolute atomic E-state index is 0.215. The summed E-state index contributed by atoms with van der Waals surface area (Å²) in [4.78, 5) is 15.6. The molecule has 3 heterocycles. The van der Waals surface area contributed by atoms with Gasteiger partial charge in [-0.3, -0.25) is 0 Å². The molecule has 0 bridgehead atoms. The molecule has 0 fully saturated rings. The predicted molar refractivity (Wildman–Crippen MR) is 259 cm³/mol. The number of aryl methyl sites for hydroxylation is 4. The number of nitriles is 1. The van der Waals surface area contributed by atoms with Gasteiger partial charge in [0.2, 0.25) is 0 Å². The van der Waals surface area contributed by atoms with E-state index in [4.69, 9.17) is 15.0 Å². The molecule has 0 saturated heterocycles. The SMILES string of the molecule is Cc1ccc2c(c1)c1cc(C)ccc1n2-c1cc(-c2ccc(C#N)cc2)ccc1-c1nc(-c2ccccc2)nc(-c2ccc(C(F)(F)F)cc2-n2c3ccc(C)cc3c3cc(C)ccc32)n1. The maximum Gasteiger partial charge on any atom is 0.416 e. The second-order valence-corrected chi connectivity index (χ2v) is 17.1. The van der Waals surface area contributed by atoms with E-state index in [1.807, 2.05) is 97.3 Å². The van der Waals surface area contributed by atoms with Gasteiger partial charge in [-0.2, -0.15) is 18.4 Å². The van der Waals surface area contributed by atoms with Gasteiger partial charge in [-0.15, -0.1) is 0 Å². The van der Waals surface area contributed by atoms with Crippen LogP contribution < -0.4 is 0 Å². The van der Waals surface area contributed by atoms with E-state index < -0.39 is 11.7 Å². The molecule has 9 heteroatoms. The first-order valence-corrected chi connectivity index (χ1v) is 21.6. The van der Waals surface area contributed by atoms with Gasteiger partial charge in [0, 0.05) is 38.2 Å². The van der Waals surface area contributed by atoms with Crippen LogP contribution in [0.15, 0.2) is 164 Å². The molecule has 0 aliphatic heterocycles. The zero-order valence-electron chi connectivity index (χ0n) is 36.4. The van der Waals surface area contributed by atoms with E-state index in [-0.39, 0.29) is 5.82 Å². The van der Waals surface area contributed by atoms with Crippen molar-refractivity contribution in [3.63, 3.8) is 0 Å². The lowest BCUT2D eigenvalue weighted by Gasteiger charge is -2.18. The largest absolute Gasteiger partial charge is 0.416 e. The molecule has 0 aliphatic rings. The number of hydrogen-bond donors (Lipinski definition) is 0. The van der Waals surface area contributed by atoms with Gasteiger partial charge in [0.05, 0.1) is 50.6 Å². The van der Waals surface area contributed by atoms with Crippen LogP contribution in [-0.4, -0.2) is 24.1 Å². The Labute approximate surface area is 378 Å². The number of rotatable bonds is 6. The van der Waals surface area contributed by atoms with Gasteiger partial charge in [-0.1, -0.05) is 95.1 Å². The number of hydrogen-bond acceptors (Lipinski definition) is 4. The number of fused-ring (bicyclic) bond motifs is 6. The Hall–Kier alpha value is -8.35. The van der Waals surface area contributed by atoms with Crippen LogP contribution in [0.3, 0.4) is 0 Å². The summed E-state index contributed by atoms with van der Waals surface area (Å²) in [6.07, 6.45) is -4.62. The topological polar surface area (TPSA) is 72.3 Å². The molecule has 0 spiro atoms. The van der Waals surface area contributed by atoms with Crippen LogP contribution in [0, 0.1) is 39.0 Å². The fourth-order valence-electron chi connectivity index (χ4n) is 9.26. The molecule has 3 aromatic heterocycles. The van der Waals surface area contributed by atoms with Gasteiger partial charge in [-0.05, 0) is 130 Å². The summed E-state index contributed by atoms with van der Waals surface area (Å²) < 4.78 is 48.6. The molecule has 11 rings (SSSR count). The van der Waals surface area contributed by atoms with E-state index in [0.717, 1.165) is 94.3 Å². The summed E-state index contributed by atoms with van der Waals surface area (Å²) in [5.41, 5.74) is 12.3. The summed E-state index contributed by atoms with van der Waals surface area (Å²) in [5, 5.41) is 13.6. The summed E-state index contributed by atoms with van der Waals surface area (Å²) in [6.45, 7) is 8.20. The Morgan fingerprint density at radius 2 is 0.848 bits per heavy atom. The highest BCUT2D eigenvalue weighted by Gasteiger charge is 2.32.